The third-order valence-electron chi connectivity index (χ3n) is 6.10. The zero-order valence-electron chi connectivity index (χ0n) is 17.9. The minimum Gasteiger partial charge on any atom is -0.508 e. The van der Waals surface area contributed by atoms with Crippen LogP contribution in [0.15, 0.2) is 58.1 Å². The topological polar surface area (TPSA) is 122 Å². The number of phenolic OH excluding ortho intramolecular Hbond substituents is 1. The van der Waals surface area contributed by atoms with E-state index in [0.717, 1.165) is 4.57 Å². The van der Waals surface area contributed by atoms with Gasteiger partial charge in [-0.25, -0.2) is 4.79 Å². The van der Waals surface area contributed by atoms with Crippen molar-refractivity contribution in [2.45, 2.75) is 12.6 Å². The SMILES string of the molecule is Cn1c(=O)c2c(-c3cccc([N+](=O)[O-])c3)n3c(c2n(C)c1=O)[C@@H](c1ccccc1O)OCC3. The van der Waals surface area contributed by atoms with E-state index >= 15 is 0 Å². The van der Waals surface area contributed by atoms with Gasteiger partial charge in [-0.1, -0.05) is 30.3 Å². The second-order valence-corrected chi connectivity index (χ2v) is 7.93. The lowest BCUT2D eigenvalue weighted by Crippen LogP contribution is -2.37. The average Bonchev–Trinajstić information content (AvgIpc) is 3.17. The van der Waals surface area contributed by atoms with Crippen molar-refractivity contribution in [1.82, 2.24) is 13.7 Å². The van der Waals surface area contributed by atoms with Gasteiger partial charge in [-0.3, -0.25) is 24.0 Å². The summed E-state index contributed by atoms with van der Waals surface area (Å²) in [6, 6.07) is 12.8. The van der Waals surface area contributed by atoms with Crippen LogP contribution in [0.25, 0.3) is 22.2 Å². The molecule has 0 saturated carbocycles. The van der Waals surface area contributed by atoms with E-state index in [4.69, 9.17) is 4.74 Å². The van der Waals surface area contributed by atoms with Gasteiger partial charge in [0.25, 0.3) is 11.2 Å². The summed E-state index contributed by atoms with van der Waals surface area (Å²) >= 11 is 0. The van der Waals surface area contributed by atoms with Gasteiger partial charge < -0.3 is 14.4 Å². The maximum atomic E-state index is 13.4. The maximum absolute atomic E-state index is 13.4. The molecule has 0 aliphatic carbocycles. The number of benzene rings is 2. The molecule has 2 aromatic heterocycles. The van der Waals surface area contributed by atoms with Crippen LogP contribution in [0.5, 0.6) is 5.75 Å². The molecule has 0 bridgehead atoms. The lowest BCUT2D eigenvalue weighted by molar-refractivity contribution is -0.384. The van der Waals surface area contributed by atoms with Crippen LogP contribution < -0.4 is 11.2 Å². The molecule has 0 amide bonds. The molecule has 1 aliphatic heterocycles. The zero-order chi connectivity index (χ0) is 23.4. The van der Waals surface area contributed by atoms with E-state index in [-0.39, 0.29) is 23.4 Å². The van der Waals surface area contributed by atoms with Crippen LogP contribution in [0.4, 0.5) is 5.69 Å². The number of rotatable bonds is 3. The summed E-state index contributed by atoms with van der Waals surface area (Å²) in [5, 5.41) is 22.2. The van der Waals surface area contributed by atoms with Crippen LogP contribution >= 0.6 is 0 Å². The number of nitrogens with zero attached hydrogens (tertiary/aromatic N) is 4. The van der Waals surface area contributed by atoms with E-state index in [2.05, 4.69) is 0 Å². The fourth-order valence-corrected chi connectivity index (χ4v) is 4.59. The smallest absolute Gasteiger partial charge is 0.331 e. The monoisotopic (exact) mass is 448 g/mol. The van der Waals surface area contributed by atoms with Crippen molar-refractivity contribution < 1.29 is 14.8 Å². The molecule has 10 nitrogen and oxygen atoms in total. The second kappa shape index (κ2) is 7.45. The van der Waals surface area contributed by atoms with Gasteiger partial charge in [0.1, 0.15) is 11.9 Å². The summed E-state index contributed by atoms with van der Waals surface area (Å²) in [4.78, 5) is 37.1. The van der Waals surface area contributed by atoms with Gasteiger partial charge in [0.2, 0.25) is 0 Å². The molecule has 3 heterocycles. The molecule has 33 heavy (non-hydrogen) atoms. The predicted molar refractivity (Wildman–Crippen MR) is 120 cm³/mol. The number of ether oxygens (including phenoxy) is 1. The molecule has 168 valence electrons. The van der Waals surface area contributed by atoms with Gasteiger partial charge in [-0.2, -0.15) is 0 Å². The van der Waals surface area contributed by atoms with Crippen LogP contribution in [-0.4, -0.2) is 30.3 Å². The first-order valence-electron chi connectivity index (χ1n) is 10.3. The Balaban J connectivity index is 1.95. The Labute approximate surface area is 186 Å². The molecule has 2 aromatic carbocycles. The minimum absolute atomic E-state index is 0.0241. The standard InChI is InChI=1S/C23H20N4O6/c1-24-19-17(22(29)25(2)23(24)30)18(13-6-5-7-14(12-13)27(31)32)26-10-11-33-21(20(19)26)15-8-3-4-9-16(15)28/h3-9,12,21,28H,10-11H2,1-2H3/t21-/m1/s1. The Hall–Kier alpha value is -4.18. The number of non-ortho nitro benzene ring substituents is 1. The number of nitro groups is 1. The van der Waals surface area contributed by atoms with Crippen molar-refractivity contribution in [1.29, 1.82) is 0 Å². The summed E-state index contributed by atoms with van der Waals surface area (Å²) in [7, 11) is 2.97. The number of fused-ring (bicyclic) bond motifs is 3. The lowest BCUT2D eigenvalue weighted by atomic mass is 10.0. The van der Waals surface area contributed by atoms with Crippen LogP contribution in [0, 0.1) is 10.1 Å². The third kappa shape index (κ3) is 2.99. The minimum atomic E-state index is -0.743. The first-order valence-corrected chi connectivity index (χ1v) is 10.3. The van der Waals surface area contributed by atoms with E-state index in [1.807, 2.05) is 4.57 Å². The molecule has 1 atom stereocenters. The van der Waals surface area contributed by atoms with Gasteiger partial charge in [0.05, 0.1) is 33.8 Å². The second-order valence-electron chi connectivity index (χ2n) is 7.93. The van der Waals surface area contributed by atoms with Gasteiger partial charge in [0.15, 0.2) is 0 Å². The van der Waals surface area contributed by atoms with E-state index in [0.29, 0.717) is 34.6 Å². The molecule has 5 rings (SSSR count). The van der Waals surface area contributed by atoms with Crippen molar-refractivity contribution in [2.75, 3.05) is 6.61 Å². The summed E-state index contributed by atoms with van der Waals surface area (Å²) in [5.74, 6) is 0.0241. The number of aryl methyl sites for hydroxylation is 1. The van der Waals surface area contributed by atoms with Gasteiger partial charge in [-0.15, -0.1) is 0 Å². The predicted octanol–water partition coefficient (Wildman–Crippen LogP) is 2.44. The normalized spacial score (nSPS) is 15.5. The fraction of sp³-hybridized carbons (Fsp3) is 0.217. The summed E-state index contributed by atoms with van der Waals surface area (Å²) < 4.78 is 10.3. The first-order chi connectivity index (χ1) is 15.8. The number of aromatic nitrogens is 3. The average molecular weight is 448 g/mol. The Bertz CT molecular complexity index is 1560. The number of hydrogen-bond acceptors (Lipinski definition) is 6. The molecule has 0 radical (unpaired) electrons. The number of aromatic hydroxyl groups is 1. The van der Waals surface area contributed by atoms with E-state index in [9.17, 15) is 24.8 Å². The van der Waals surface area contributed by atoms with Gasteiger partial charge in [-0.05, 0) is 6.07 Å². The van der Waals surface area contributed by atoms with E-state index in [1.165, 1.54) is 23.7 Å². The van der Waals surface area contributed by atoms with Crippen molar-refractivity contribution in [3.8, 4) is 17.0 Å². The lowest BCUT2D eigenvalue weighted by Gasteiger charge is -2.28. The van der Waals surface area contributed by atoms with E-state index in [1.54, 1.807) is 43.4 Å². The molecule has 4 aromatic rings. The molecule has 1 N–H and O–H groups in total. The summed E-state index contributed by atoms with van der Waals surface area (Å²) in [6.45, 7) is 0.645. The van der Waals surface area contributed by atoms with Crippen molar-refractivity contribution in [3.63, 3.8) is 0 Å². The van der Waals surface area contributed by atoms with E-state index < -0.39 is 22.3 Å². The van der Waals surface area contributed by atoms with Gasteiger partial charge in [0, 0.05) is 43.9 Å². The molecule has 10 heteroatoms. The van der Waals surface area contributed by atoms with Crippen molar-refractivity contribution in [2.24, 2.45) is 14.1 Å². The summed E-state index contributed by atoms with van der Waals surface area (Å²) in [6.07, 6.45) is -0.743. The Kier molecular flexibility index (Phi) is 4.68. The highest BCUT2D eigenvalue weighted by Gasteiger charge is 2.34. The number of phenols is 1. The highest BCUT2D eigenvalue weighted by molar-refractivity contribution is 5.96. The maximum Gasteiger partial charge on any atom is 0.331 e. The highest BCUT2D eigenvalue weighted by Crippen LogP contribution is 2.42. The Morgan fingerprint density at radius 1 is 1.09 bits per heavy atom. The van der Waals surface area contributed by atoms with Gasteiger partial charge >= 0.3 is 5.69 Å². The number of nitro benzene ring substituents is 1. The third-order valence-corrected chi connectivity index (χ3v) is 6.10. The number of hydrogen-bond donors (Lipinski definition) is 1. The van der Waals surface area contributed by atoms with Crippen molar-refractivity contribution >= 4 is 16.6 Å². The highest BCUT2D eigenvalue weighted by atomic mass is 16.6. The molecule has 0 fully saturated rings. The summed E-state index contributed by atoms with van der Waals surface area (Å²) in [5.41, 5.74) is 1.24. The Morgan fingerprint density at radius 3 is 2.58 bits per heavy atom. The van der Waals surface area contributed by atoms with Crippen molar-refractivity contribution in [3.05, 3.63) is 90.7 Å². The van der Waals surface area contributed by atoms with Crippen LogP contribution in [0.3, 0.4) is 0 Å². The molecule has 0 spiro atoms. The Morgan fingerprint density at radius 2 is 1.85 bits per heavy atom. The zero-order valence-corrected chi connectivity index (χ0v) is 17.9. The molecular weight excluding hydrogens is 428 g/mol. The van der Waals surface area contributed by atoms with Crippen LogP contribution in [0.2, 0.25) is 0 Å². The quantitative estimate of drug-likeness (QED) is 0.380. The van der Waals surface area contributed by atoms with Crippen LogP contribution in [0.1, 0.15) is 17.4 Å². The molecule has 0 saturated heterocycles. The molecular formula is C23H20N4O6. The molecule has 1 aliphatic rings. The number of para-hydroxylation sites is 1. The first kappa shape index (κ1) is 20.7. The van der Waals surface area contributed by atoms with Crippen LogP contribution in [-0.2, 0) is 25.4 Å². The largest absolute Gasteiger partial charge is 0.508 e. The fourth-order valence-electron chi connectivity index (χ4n) is 4.59. The molecule has 0 unspecified atom stereocenters.